The van der Waals surface area contributed by atoms with Crippen molar-refractivity contribution in [1.29, 1.82) is 0 Å². The molecule has 1 saturated carbocycles. The molecule has 128 valence electrons. The molecule has 24 heavy (non-hydrogen) atoms. The third-order valence-corrected chi connectivity index (χ3v) is 4.90. The normalized spacial score (nSPS) is 27.2. The number of ketones is 1. The molecule has 1 aromatic carbocycles. The monoisotopic (exact) mass is 350 g/mol. The van der Waals surface area contributed by atoms with Crippen LogP contribution in [0.2, 0.25) is 5.02 Å². The maximum atomic E-state index is 12.5. The van der Waals surface area contributed by atoms with Crippen LogP contribution in [-0.4, -0.2) is 40.9 Å². The van der Waals surface area contributed by atoms with Crippen molar-refractivity contribution in [1.82, 2.24) is 0 Å². The molecule has 6 nitrogen and oxygen atoms in total. The van der Waals surface area contributed by atoms with Crippen LogP contribution in [0, 0.1) is 5.92 Å². The molecular weight excluding hydrogens is 332 g/mol. The lowest BCUT2D eigenvalue weighted by atomic mass is 9.78. The molecule has 2 aliphatic rings. The number of aliphatic imine (C=N–C) groups is 1. The molecule has 0 spiro atoms. The second-order valence-corrected chi connectivity index (χ2v) is 6.67. The Kier molecular flexibility index (Phi) is 4.87. The summed E-state index contributed by atoms with van der Waals surface area (Å²) < 4.78 is 5.54. The molecule has 1 aliphatic heterocycles. The second-order valence-electron chi connectivity index (χ2n) is 6.26. The number of hydrogen-bond acceptors (Lipinski definition) is 5. The Morgan fingerprint density at radius 1 is 1.42 bits per heavy atom. The lowest BCUT2D eigenvalue weighted by Gasteiger charge is -2.38. The summed E-state index contributed by atoms with van der Waals surface area (Å²) in [7, 11) is 0. The Morgan fingerprint density at radius 2 is 2.17 bits per heavy atom. The summed E-state index contributed by atoms with van der Waals surface area (Å²) in [5, 5.41) is 9.55. The topological polar surface area (TPSA) is 102 Å². The second kappa shape index (κ2) is 6.91. The summed E-state index contributed by atoms with van der Waals surface area (Å²) in [4.78, 5) is 27.7. The van der Waals surface area contributed by atoms with Gasteiger partial charge in [0.25, 0.3) is 0 Å². The lowest BCUT2D eigenvalue weighted by molar-refractivity contribution is -0.137. The van der Waals surface area contributed by atoms with Crippen LogP contribution in [0.15, 0.2) is 29.3 Å². The van der Waals surface area contributed by atoms with Gasteiger partial charge in [0.2, 0.25) is 5.90 Å². The zero-order chi connectivity index (χ0) is 17.3. The van der Waals surface area contributed by atoms with Crippen LogP contribution in [0.3, 0.4) is 0 Å². The lowest BCUT2D eigenvalue weighted by Crippen LogP contribution is -2.52. The van der Waals surface area contributed by atoms with Crippen molar-refractivity contribution in [2.24, 2.45) is 16.6 Å². The fourth-order valence-electron chi connectivity index (χ4n) is 3.31. The van der Waals surface area contributed by atoms with Crippen LogP contribution in [-0.2, 0) is 20.7 Å². The summed E-state index contributed by atoms with van der Waals surface area (Å²) in [5.74, 6) is -0.881. The number of nitrogens with zero attached hydrogens (tertiary/aromatic N) is 1. The van der Waals surface area contributed by atoms with Crippen LogP contribution < -0.4 is 5.73 Å². The van der Waals surface area contributed by atoms with Crippen LogP contribution in [0.25, 0.3) is 0 Å². The average Bonchev–Trinajstić information content (AvgIpc) is 2.51. The first-order chi connectivity index (χ1) is 11.5. The summed E-state index contributed by atoms with van der Waals surface area (Å²) >= 11 is 6.22. The van der Waals surface area contributed by atoms with Gasteiger partial charge in [-0.3, -0.25) is 9.59 Å². The first-order valence-electron chi connectivity index (χ1n) is 7.94. The van der Waals surface area contributed by atoms with Crippen LogP contribution in [0.5, 0.6) is 0 Å². The van der Waals surface area contributed by atoms with Gasteiger partial charge < -0.3 is 15.6 Å². The van der Waals surface area contributed by atoms with Crippen molar-refractivity contribution < 1.29 is 19.4 Å². The number of rotatable bonds is 5. The first-order valence-corrected chi connectivity index (χ1v) is 8.32. The summed E-state index contributed by atoms with van der Waals surface area (Å²) in [5.41, 5.74) is 6.83. The highest BCUT2D eigenvalue weighted by atomic mass is 35.5. The van der Waals surface area contributed by atoms with Gasteiger partial charge in [0.1, 0.15) is 6.04 Å². The van der Waals surface area contributed by atoms with Crippen molar-refractivity contribution in [3.8, 4) is 0 Å². The molecule has 1 aromatic rings. The summed E-state index contributed by atoms with van der Waals surface area (Å²) in [6, 6.07) is 6.17. The van der Waals surface area contributed by atoms with E-state index in [2.05, 4.69) is 4.99 Å². The Labute approximate surface area is 144 Å². The molecule has 0 radical (unpaired) electrons. The van der Waals surface area contributed by atoms with E-state index in [0.29, 0.717) is 17.9 Å². The molecular formula is C17H19ClN2O4. The standard InChI is InChI=1S/C17H19ClN2O4/c18-11-4-2-1-3-9(11)7-10-5-6-13-16(23)15(10)20-17(24-13)12(19)8-14(21)22/h1-4,10,12-13,15H,5-8,19H2,(H,21,22)/t10?,12-,13?,15?/m0/s1. The molecule has 1 fully saturated rings. The van der Waals surface area contributed by atoms with E-state index in [-0.39, 0.29) is 24.0 Å². The molecule has 4 atom stereocenters. The highest BCUT2D eigenvalue weighted by molar-refractivity contribution is 6.31. The predicted molar refractivity (Wildman–Crippen MR) is 89.2 cm³/mol. The number of nitrogens with two attached hydrogens (primary N) is 1. The number of carbonyl (C=O) groups is 2. The van der Waals surface area contributed by atoms with E-state index in [1.165, 1.54) is 0 Å². The highest BCUT2D eigenvalue weighted by Crippen LogP contribution is 2.34. The van der Waals surface area contributed by atoms with E-state index in [4.69, 9.17) is 27.2 Å². The summed E-state index contributed by atoms with van der Waals surface area (Å²) in [6.07, 6.45) is 1.19. The molecule has 1 heterocycles. The SMILES string of the molecule is N[C@@H](CC(=O)O)C1=NC2C(=O)C(CCC2Cc2ccccc2Cl)O1. The van der Waals surface area contributed by atoms with Crippen molar-refractivity contribution in [2.75, 3.05) is 0 Å². The van der Waals surface area contributed by atoms with Gasteiger partial charge in [-0.25, -0.2) is 4.99 Å². The van der Waals surface area contributed by atoms with Crippen LogP contribution in [0.1, 0.15) is 24.8 Å². The van der Waals surface area contributed by atoms with Crippen molar-refractivity contribution >= 4 is 29.3 Å². The third-order valence-electron chi connectivity index (χ3n) is 4.54. The molecule has 7 heteroatoms. The van der Waals surface area contributed by atoms with E-state index >= 15 is 0 Å². The molecule has 3 N–H and O–H groups in total. The average molecular weight is 351 g/mol. The van der Waals surface area contributed by atoms with Gasteiger partial charge in [-0.05, 0) is 36.8 Å². The Morgan fingerprint density at radius 3 is 2.88 bits per heavy atom. The van der Waals surface area contributed by atoms with E-state index in [1.54, 1.807) is 0 Å². The third kappa shape index (κ3) is 3.44. The van der Waals surface area contributed by atoms with Crippen molar-refractivity contribution in [3.63, 3.8) is 0 Å². The number of fused-ring (bicyclic) bond motifs is 2. The minimum atomic E-state index is -1.02. The van der Waals surface area contributed by atoms with Crippen LogP contribution >= 0.6 is 11.6 Å². The molecule has 3 unspecified atom stereocenters. The summed E-state index contributed by atoms with van der Waals surface area (Å²) in [6.45, 7) is 0. The number of benzene rings is 1. The number of carbonyl (C=O) groups excluding carboxylic acids is 1. The molecule has 3 rings (SSSR count). The minimum absolute atomic E-state index is 0.0181. The van der Waals surface area contributed by atoms with Gasteiger partial charge in [0.15, 0.2) is 11.9 Å². The number of carboxylic acids is 1. The smallest absolute Gasteiger partial charge is 0.305 e. The number of hydrogen-bond donors (Lipinski definition) is 2. The van der Waals surface area contributed by atoms with E-state index < -0.39 is 24.2 Å². The fraction of sp³-hybridized carbons (Fsp3) is 0.471. The molecule has 1 aliphatic carbocycles. The zero-order valence-corrected chi connectivity index (χ0v) is 13.8. The number of halogens is 1. The highest BCUT2D eigenvalue weighted by Gasteiger charge is 2.44. The van der Waals surface area contributed by atoms with Crippen molar-refractivity contribution in [2.45, 2.75) is 43.9 Å². The Bertz CT molecular complexity index is 691. The predicted octanol–water partition coefficient (Wildman–Crippen LogP) is 1.83. The van der Waals surface area contributed by atoms with Gasteiger partial charge in [-0.15, -0.1) is 0 Å². The quantitative estimate of drug-likeness (QED) is 0.843. The van der Waals surface area contributed by atoms with Gasteiger partial charge in [0, 0.05) is 5.02 Å². The number of ether oxygens (including phenoxy) is 1. The molecule has 0 amide bonds. The molecule has 0 saturated heterocycles. The number of Topliss-reactive ketones (excluding diaryl/α,β-unsaturated/α-hetero) is 1. The minimum Gasteiger partial charge on any atom is -0.481 e. The van der Waals surface area contributed by atoms with Gasteiger partial charge in [0.05, 0.1) is 12.5 Å². The largest absolute Gasteiger partial charge is 0.481 e. The Balaban J connectivity index is 1.82. The van der Waals surface area contributed by atoms with E-state index in [0.717, 1.165) is 12.0 Å². The van der Waals surface area contributed by atoms with E-state index in [1.807, 2.05) is 24.3 Å². The van der Waals surface area contributed by atoms with E-state index in [9.17, 15) is 9.59 Å². The van der Waals surface area contributed by atoms with Gasteiger partial charge >= 0.3 is 5.97 Å². The van der Waals surface area contributed by atoms with Gasteiger partial charge in [-0.1, -0.05) is 29.8 Å². The molecule has 2 bridgehead atoms. The van der Waals surface area contributed by atoms with Gasteiger partial charge in [-0.2, -0.15) is 0 Å². The van der Waals surface area contributed by atoms with Crippen molar-refractivity contribution in [3.05, 3.63) is 34.9 Å². The molecule has 0 aromatic heterocycles. The van der Waals surface area contributed by atoms with Crippen LogP contribution in [0.4, 0.5) is 0 Å². The number of aliphatic carboxylic acids is 1. The first kappa shape index (κ1) is 16.9. The number of carboxylic acid groups (broad SMARTS) is 1. The maximum Gasteiger partial charge on any atom is 0.305 e. The fourth-order valence-corrected chi connectivity index (χ4v) is 3.52. The Hall–Kier alpha value is -1.92. The maximum absolute atomic E-state index is 12.5. The zero-order valence-electron chi connectivity index (χ0n) is 13.0.